The molecule has 0 saturated carbocycles. The summed E-state index contributed by atoms with van der Waals surface area (Å²) in [7, 11) is 0. The molecule has 0 spiro atoms. The number of hydrogen-bond acceptors (Lipinski definition) is 3. The molecule has 0 radical (unpaired) electrons. The Morgan fingerprint density at radius 2 is 2.28 bits per heavy atom. The molecule has 1 unspecified atom stereocenters. The Bertz CT molecular complexity index is 559. The number of rotatable bonds is 5. The minimum absolute atomic E-state index is 0.00531. The lowest BCUT2D eigenvalue weighted by atomic mass is 9.98. The lowest BCUT2D eigenvalue weighted by Gasteiger charge is -2.09. The van der Waals surface area contributed by atoms with Gasteiger partial charge in [0.1, 0.15) is 5.76 Å². The van der Waals surface area contributed by atoms with Crippen LogP contribution in [0.15, 0.2) is 28.9 Å². The van der Waals surface area contributed by atoms with E-state index in [-0.39, 0.29) is 18.9 Å². The van der Waals surface area contributed by atoms with Crippen molar-refractivity contribution in [1.82, 2.24) is 0 Å². The average Bonchev–Trinajstić information content (AvgIpc) is 2.78. The first-order valence-electron chi connectivity index (χ1n) is 6.07. The van der Waals surface area contributed by atoms with Gasteiger partial charge in [-0.3, -0.25) is 4.79 Å². The Morgan fingerprint density at radius 1 is 1.50 bits per heavy atom. The second kappa shape index (κ2) is 5.23. The summed E-state index contributed by atoms with van der Waals surface area (Å²) in [6.45, 7) is 2.36. The molecule has 1 aromatic carbocycles. The van der Waals surface area contributed by atoms with E-state index in [1.165, 1.54) is 5.56 Å². The number of benzene rings is 1. The molecule has 18 heavy (non-hydrogen) atoms. The quantitative estimate of drug-likeness (QED) is 0.851. The van der Waals surface area contributed by atoms with Gasteiger partial charge in [0, 0.05) is 23.2 Å². The molecule has 0 aliphatic heterocycles. The van der Waals surface area contributed by atoms with Crippen LogP contribution in [0.4, 0.5) is 0 Å². The number of carboxylic acid groups (broad SMARTS) is 1. The summed E-state index contributed by atoms with van der Waals surface area (Å²) >= 11 is 0. The molecular weight excluding hydrogens is 230 g/mol. The summed E-state index contributed by atoms with van der Waals surface area (Å²) in [6.07, 6.45) is 2.63. The molecular formula is C14H17NO3. The molecule has 0 aliphatic carbocycles. The molecule has 0 aliphatic rings. The number of furan rings is 1. The van der Waals surface area contributed by atoms with Crippen LogP contribution in [0.5, 0.6) is 0 Å². The second-order valence-electron chi connectivity index (χ2n) is 4.41. The third kappa shape index (κ3) is 2.38. The molecule has 96 valence electrons. The molecule has 2 rings (SSSR count). The standard InChI is InChI=1S/C14H17NO3/c1-2-9-3-4-12-11(5-9)8-18-14(12)10(7-15)6-13(16)17/h3-5,8,10H,2,6-7,15H2,1H3,(H,16,17). The first-order valence-corrected chi connectivity index (χ1v) is 6.07. The third-order valence-electron chi connectivity index (χ3n) is 3.18. The average molecular weight is 247 g/mol. The summed E-state index contributed by atoms with van der Waals surface area (Å²) in [5, 5.41) is 10.8. The van der Waals surface area contributed by atoms with E-state index in [2.05, 4.69) is 13.0 Å². The molecule has 4 nitrogen and oxygen atoms in total. The molecule has 0 saturated heterocycles. The second-order valence-corrected chi connectivity index (χ2v) is 4.41. The fraction of sp³-hybridized carbons (Fsp3) is 0.357. The van der Waals surface area contributed by atoms with Crippen LogP contribution in [0, 0.1) is 0 Å². The first-order chi connectivity index (χ1) is 8.65. The van der Waals surface area contributed by atoms with Crippen LogP contribution < -0.4 is 5.73 Å². The Morgan fingerprint density at radius 3 is 2.89 bits per heavy atom. The van der Waals surface area contributed by atoms with Crippen molar-refractivity contribution >= 4 is 16.7 Å². The van der Waals surface area contributed by atoms with Crippen molar-refractivity contribution in [1.29, 1.82) is 0 Å². The van der Waals surface area contributed by atoms with Gasteiger partial charge < -0.3 is 15.3 Å². The van der Waals surface area contributed by atoms with Crippen LogP contribution in [0.2, 0.25) is 0 Å². The van der Waals surface area contributed by atoms with E-state index in [0.29, 0.717) is 5.76 Å². The van der Waals surface area contributed by atoms with Crippen molar-refractivity contribution in [2.75, 3.05) is 6.54 Å². The summed E-state index contributed by atoms with van der Waals surface area (Å²) in [5.74, 6) is -0.454. The summed E-state index contributed by atoms with van der Waals surface area (Å²) in [5.41, 5.74) is 6.87. The monoisotopic (exact) mass is 247 g/mol. The van der Waals surface area contributed by atoms with E-state index in [9.17, 15) is 4.79 Å². The van der Waals surface area contributed by atoms with Gasteiger partial charge >= 0.3 is 5.97 Å². The summed E-state index contributed by atoms with van der Waals surface area (Å²) < 4.78 is 5.53. The zero-order valence-corrected chi connectivity index (χ0v) is 10.3. The van der Waals surface area contributed by atoms with E-state index in [1.54, 1.807) is 6.26 Å². The number of carboxylic acids is 1. The van der Waals surface area contributed by atoms with Gasteiger partial charge in [0.05, 0.1) is 12.7 Å². The maximum Gasteiger partial charge on any atom is 0.304 e. The predicted octanol–water partition coefficient (Wildman–Crippen LogP) is 2.51. The lowest BCUT2D eigenvalue weighted by molar-refractivity contribution is -0.137. The number of aliphatic carboxylic acids is 1. The molecule has 1 aromatic heterocycles. The summed E-state index contributed by atoms with van der Waals surface area (Å²) in [4.78, 5) is 10.8. The summed E-state index contributed by atoms with van der Waals surface area (Å²) in [6, 6.07) is 6.09. The van der Waals surface area contributed by atoms with Gasteiger partial charge in [-0.15, -0.1) is 0 Å². The fourth-order valence-corrected chi connectivity index (χ4v) is 2.15. The van der Waals surface area contributed by atoms with Crippen LogP contribution >= 0.6 is 0 Å². The lowest BCUT2D eigenvalue weighted by Crippen LogP contribution is -2.15. The molecule has 3 N–H and O–H groups in total. The number of aryl methyl sites for hydroxylation is 1. The Labute approximate surface area is 105 Å². The molecule has 0 bridgehead atoms. The van der Waals surface area contributed by atoms with Crippen molar-refractivity contribution in [2.24, 2.45) is 5.73 Å². The van der Waals surface area contributed by atoms with Gasteiger partial charge in [0.2, 0.25) is 0 Å². The minimum atomic E-state index is -0.861. The predicted molar refractivity (Wildman–Crippen MR) is 69.6 cm³/mol. The zero-order chi connectivity index (χ0) is 13.1. The van der Waals surface area contributed by atoms with Crippen LogP contribution in [-0.2, 0) is 11.2 Å². The maximum absolute atomic E-state index is 10.8. The molecule has 1 atom stereocenters. The van der Waals surface area contributed by atoms with Crippen LogP contribution in [0.1, 0.15) is 30.6 Å². The fourth-order valence-electron chi connectivity index (χ4n) is 2.15. The van der Waals surface area contributed by atoms with Gasteiger partial charge in [-0.2, -0.15) is 0 Å². The highest BCUT2D eigenvalue weighted by Gasteiger charge is 2.20. The molecule has 0 fully saturated rings. The van der Waals surface area contributed by atoms with E-state index in [1.807, 2.05) is 12.1 Å². The molecule has 4 heteroatoms. The Hall–Kier alpha value is -1.81. The smallest absolute Gasteiger partial charge is 0.304 e. The van der Waals surface area contributed by atoms with Crippen LogP contribution in [0.25, 0.3) is 10.8 Å². The van der Waals surface area contributed by atoms with Crippen molar-refractivity contribution < 1.29 is 14.3 Å². The van der Waals surface area contributed by atoms with E-state index < -0.39 is 5.97 Å². The molecule has 2 aromatic rings. The van der Waals surface area contributed by atoms with Gasteiger partial charge in [-0.25, -0.2) is 0 Å². The van der Waals surface area contributed by atoms with Crippen molar-refractivity contribution in [3.8, 4) is 0 Å². The SMILES string of the molecule is CCc1ccc2c(C(CN)CC(=O)O)occ2c1. The van der Waals surface area contributed by atoms with E-state index in [0.717, 1.165) is 17.2 Å². The zero-order valence-electron chi connectivity index (χ0n) is 10.3. The molecule has 0 amide bonds. The number of nitrogens with two attached hydrogens (primary N) is 1. The normalized spacial score (nSPS) is 12.8. The first kappa shape index (κ1) is 12.6. The van der Waals surface area contributed by atoms with E-state index >= 15 is 0 Å². The highest BCUT2D eigenvalue weighted by molar-refractivity contribution is 5.85. The highest BCUT2D eigenvalue weighted by atomic mass is 16.4. The van der Waals surface area contributed by atoms with Gasteiger partial charge in [0.15, 0.2) is 0 Å². The maximum atomic E-state index is 10.8. The van der Waals surface area contributed by atoms with Crippen LogP contribution in [-0.4, -0.2) is 17.6 Å². The Kier molecular flexibility index (Phi) is 3.67. The topological polar surface area (TPSA) is 76.5 Å². The van der Waals surface area contributed by atoms with Crippen molar-refractivity contribution in [3.63, 3.8) is 0 Å². The van der Waals surface area contributed by atoms with Crippen molar-refractivity contribution in [2.45, 2.75) is 25.7 Å². The van der Waals surface area contributed by atoms with Gasteiger partial charge in [-0.1, -0.05) is 19.1 Å². The number of fused-ring (bicyclic) bond motifs is 1. The third-order valence-corrected chi connectivity index (χ3v) is 3.18. The van der Waals surface area contributed by atoms with E-state index in [4.69, 9.17) is 15.3 Å². The van der Waals surface area contributed by atoms with Gasteiger partial charge in [-0.05, 0) is 18.1 Å². The molecule has 1 heterocycles. The number of carbonyl (C=O) groups is 1. The number of hydrogen-bond donors (Lipinski definition) is 2. The largest absolute Gasteiger partial charge is 0.481 e. The Balaban J connectivity index is 2.41. The minimum Gasteiger partial charge on any atom is -0.481 e. The van der Waals surface area contributed by atoms with Gasteiger partial charge in [0.25, 0.3) is 0 Å². The highest BCUT2D eigenvalue weighted by Crippen LogP contribution is 2.30. The van der Waals surface area contributed by atoms with Crippen molar-refractivity contribution in [3.05, 3.63) is 35.8 Å². The van der Waals surface area contributed by atoms with Crippen LogP contribution in [0.3, 0.4) is 0 Å².